The molecule has 0 radical (unpaired) electrons. The summed E-state index contributed by atoms with van der Waals surface area (Å²) in [6, 6.07) is 8.25. The van der Waals surface area contributed by atoms with Crippen LogP contribution in [0.5, 0.6) is 0 Å². The number of halogens is 1. The van der Waals surface area contributed by atoms with Gasteiger partial charge < -0.3 is 10.3 Å². The fourth-order valence-electron chi connectivity index (χ4n) is 2.23. The van der Waals surface area contributed by atoms with Crippen molar-refractivity contribution in [1.29, 1.82) is 0 Å². The standard InChI is InChI=1S/C14H13FN4/c1-2-19-12-4-3-10(15)8-11(12)18-14(19)9-5-6-17-13(16)7-9/h3-8H,2H2,1H3,(H2,16,17). The maximum Gasteiger partial charge on any atom is 0.141 e. The molecule has 2 aromatic heterocycles. The lowest BCUT2D eigenvalue weighted by molar-refractivity contribution is 0.629. The van der Waals surface area contributed by atoms with Gasteiger partial charge in [-0.2, -0.15) is 0 Å². The molecule has 0 aliphatic rings. The molecule has 0 amide bonds. The van der Waals surface area contributed by atoms with E-state index in [2.05, 4.69) is 9.97 Å². The molecule has 2 N–H and O–H groups in total. The van der Waals surface area contributed by atoms with Gasteiger partial charge in [-0.1, -0.05) is 0 Å². The average Bonchev–Trinajstić information content (AvgIpc) is 2.76. The van der Waals surface area contributed by atoms with Crippen molar-refractivity contribution in [3.05, 3.63) is 42.3 Å². The minimum absolute atomic E-state index is 0.283. The highest BCUT2D eigenvalue weighted by Gasteiger charge is 2.12. The van der Waals surface area contributed by atoms with Gasteiger partial charge in [-0.15, -0.1) is 0 Å². The Balaban J connectivity index is 2.28. The number of fused-ring (bicyclic) bond motifs is 1. The summed E-state index contributed by atoms with van der Waals surface area (Å²) in [7, 11) is 0. The number of imidazole rings is 1. The smallest absolute Gasteiger partial charge is 0.141 e. The fraction of sp³-hybridized carbons (Fsp3) is 0.143. The summed E-state index contributed by atoms with van der Waals surface area (Å²) in [4.78, 5) is 8.46. The van der Waals surface area contributed by atoms with Gasteiger partial charge in [0.15, 0.2) is 0 Å². The highest BCUT2D eigenvalue weighted by molar-refractivity contribution is 5.81. The second kappa shape index (κ2) is 4.35. The number of nitrogen functional groups attached to an aromatic ring is 1. The molecule has 0 fully saturated rings. The van der Waals surface area contributed by atoms with Crippen LogP contribution in [0.15, 0.2) is 36.5 Å². The van der Waals surface area contributed by atoms with E-state index < -0.39 is 0 Å². The van der Waals surface area contributed by atoms with Gasteiger partial charge in [0.1, 0.15) is 17.5 Å². The number of hydrogen-bond acceptors (Lipinski definition) is 3. The third-order valence-electron chi connectivity index (χ3n) is 3.07. The molecule has 19 heavy (non-hydrogen) atoms. The maximum atomic E-state index is 13.3. The van der Waals surface area contributed by atoms with Crippen molar-refractivity contribution in [3.63, 3.8) is 0 Å². The third kappa shape index (κ3) is 1.93. The fourth-order valence-corrected chi connectivity index (χ4v) is 2.23. The number of nitrogens with two attached hydrogens (primary N) is 1. The first kappa shape index (κ1) is 11.6. The quantitative estimate of drug-likeness (QED) is 0.767. The Morgan fingerprint density at radius 1 is 1.26 bits per heavy atom. The Morgan fingerprint density at radius 3 is 2.84 bits per heavy atom. The predicted molar refractivity (Wildman–Crippen MR) is 73.0 cm³/mol. The van der Waals surface area contributed by atoms with Crippen LogP contribution >= 0.6 is 0 Å². The van der Waals surface area contributed by atoms with Crippen LogP contribution in [0.3, 0.4) is 0 Å². The SMILES string of the molecule is CCn1c(-c2ccnc(N)c2)nc2cc(F)ccc21. The largest absolute Gasteiger partial charge is 0.384 e. The highest BCUT2D eigenvalue weighted by Crippen LogP contribution is 2.25. The number of aryl methyl sites for hydroxylation is 1. The van der Waals surface area contributed by atoms with Crippen molar-refractivity contribution in [1.82, 2.24) is 14.5 Å². The van der Waals surface area contributed by atoms with E-state index in [1.165, 1.54) is 12.1 Å². The zero-order valence-corrected chi connectivity index (χ0v) is 10.5. The molecule has 5 heteroatoms. The first-order chi connectivity index (χ1) is 9.19. The summed E-state index contributed by atoms with van der Waals surface area (Å²) in [6.07, 6.45) is 1.64. The van der Waals surface area contributed by atoms with E-state index in [1.54, 1.807) is 18.3 Å². The van der Waals surface area contributed by atoms with E-state index >= 15 is 0 Å². The molecule has 3 aromatic rings. The molecule has 0 atom stereocenters. The molecule has 0 spiro atoms. The normalized spacial score (nSPS) is 11.1. The van der Waals surface area contributed by atoms with Gasteiger partial charge in [0, 0.05) is 24.4 Å². The topological polar surface area (TPSA) is 56.7 Å². The van der Waals surface area contributed by atoms with E-state index in [4.69, 9.17) is 5.73 Å². The lowest BCUT2D eigenvalue weighted by Crippen LogP contribution is -1.98. The van der Waals surface area contributed by atoms with Gasteiger partial charge in [-0.25, -0.2) is 14.4 Å². The summed E-state index contributed by atoms with van der Waals surface area (Å²) in [5.74, 6) is 0.935. The van der Waals surface area contributed by atoms with Crippen LogP contribution in [0.25, 0.3) is 22.4 Å². The van der Waals surface area contributed by atoms with Gasteiger partial charge in [0.05, 0.1) is 11.0 Å². The molecular weight excluding hydrogens is 243 g/mol. The number of rotatable bonds is 2. The number of benzene rings is 1. The van der Waals surface area contributed by atoms with E-state index in [1.807, 2.05) is 17.6 Å². The van der Waals surface area contributed by atoms with Crippen LogP contribution in [0.2, 0.25) is 0 Å². The van der Waals surface area contributed by atoms with Crippen LogP contribution in [-0.4, -0.2) is 14.5 Å². The first-order valence-corrected chi connectivity index (χ1v) is 6.06. The van der Waals surface area contributed by atoms with Crippen molar-refractivity contribution < 1.29 is 4.39 Å². The molecule has 96 valence electrons. The zero-order valence-electron chi connectivity index (χ0n) is 10.5. The Bertz CT molecular complexity index is 748. The lowest BCUT2D eigenvalue weighted by Gasteiger charge is -2.06. The lowest BCUT2D eigenvalue weighted by atomic mass is 10.2. The first-order valence-electron chi connectivity index (χ1n) is 6.06. The average molecular weight is 256 g/mol. The molecule has 0 saturated heterocycles. The molecule has 0 saturated carbocycles. The van der Waals surface area contributed by atoms with Crippen molar-refractivity contribution in [2.75, 3.05) is 5.73 Å². The molecule has 0 aliphatic carbocycles. The summed E-state index contributed by atoms with van der Waals surface area (Å²) in [5, 5.41) is 0. The van der Waals surface area contributed by atoms with Crippen molar-refractivity contribution in [3.8, 4) is 11.4 Å². The predicted octanol–water partition coefficient (Wildman–Crippen LogP) is 2.84. The summed E-state index contributed by atoms with van der Waals surface area (Å²) in [6.45, 7) is 2.78. The zero-order chi connectivity index (χ0) is 13.4. The minimum atomic E-state index is -0.283. The summed E-state index contributed by atoms with van der Waals surface area (Å²) < 4.78 is 15.3. The molecule has 3 rings (SSSR count). The highest BCUT2D eigenvalue weighted by atomic mass is 19.1. The van der Waals surface area contributed by atoms with Crippen LogP contribution < -0.4 is 5.73 Å². The molecule has 4 nitrogen and oxygen atoms in total. The number of anilines is 1. The minimum Gasteiger partial charge on any atom is -0.384 e. The monoisotopic (exact) mass is 256 g/mol. The number of hydrogen-bond donors (Lipinski definition) is 1. The van der Waals surface area contributed by atoms with Gasteiger partial charge >= 0.3 is 0 Å². The van der Waals surface area contributed by atoms with Crippen LogP contribution in [0.4, 0.5) is 10.2 Å². The van der Waals surface area contributed by atoms with Crippen molar-refractivity contribution in [2.24, 2.45) is 0 Å². The third-order valence-corrected chi connectivity index (χ3v) is 3.07. The summed E-state index contributed by atoms with van der Waals surface area (Å²) in [5.41, 5.74) is 8.14. The van der Waals surface area contributed by atoms with Gasteiger partial charge in [0.2, 0.25) is 0 Å². The summed E-state index contributed by atoms with van der Waals surface area (Å²) >= 11 is 0. The number of nitrogens with zero attached hydrogens (tertiary/aromatic N) is 3. The molecule has 0 unspecified atom stereocenters. The van der Waals surface area contributed by atoms with Crippen molar-refractivity contribution in [2.45, 2.75) is 13.5 Å². The number of pyridine rings is 1. The molecular formula is C14H13FN4. The molecule has 1 aromatic carbocycles. The van der Waals surface area contributed by atoms with E-state index in [-0.39, 0.29) is 5.82 Å². The second-order valence-electron chi connectivity index (χ2n) is 4.28. The van der Waals surface area contributed by atoms with E-state index in [0.29, 0.717) is 11.3 Å². The Labute approximate surface area is 109 Å². The van der Waals surface area contributed by atoms with E-state index in [9.17, 15) is 4.39 Å². The second-order valence-corrected chi connectivity index (χ2v) is 4.28. The molecule has 0 aliphatic heterocycles. The Hall–Kier alpha value is -2.43. The Morgan fingerprint density at radius 2 is 2.11 bits per heavy atom. The van der Waals surface area contributed by atoms with Crippen molar-refractivity contribution >= 4 is 16.9 Å². The van der Waals surface area contributed by atoms with Gasteiger partial charge in [0.25, 0.3) is 0 Å². The Kier molecular flexibility index (Phi) is 2.67. The van der Waals surface area contributed by atoms with E-state index in [0.717, 1.165) is 23.4 Å². The van der Waals surface area contributed by atoms with Gasteiger partial charge in [-0.05, 0) is 31.2 Å². The van der Waals surface area contributed by atoms with Crippen LogP contribution in [0, 0.1) is 5.82 Å². The molecule has 0 bridgehead atoms. The van der Waals surface area contributed by atoms with Crippen LogP contribution in [0.1, 0.15) is 6.92 Å². The van der Waals surface area contributed by atoms with Gasteiger partial charge in [-0.3, -0.25) is 0 Å². The van der Waals surface area contributed by atoms with Crippen LogP contribution in [-0.2, 0) is 6.54 Å². The maximum absolute atomic E-state index is 13.3. The number of aromatic nitrogens is 3. The molecule has 2 heterocycles.